The first kappa shape index (κ1) is 19.4. The average molecular weight is 375 g/mol. The van der Waals surface area contributed by atoms with E-state index >= 15 is 0 Å². The number of fused-ring (bicyclic) bond motifs is 5. The average Bonchev–Trinajstić information content (AvgIpc) is 2.95. The van der Waals surface area contributed by atoms with E-state index in [4.69, 9.17) is 10.6 Å². The summed E-state index contributed by atoms with van der Waals surface area (Å²) in [6, 6.07) is 0. The molecular formula is C23H38N2O2. The summed E-state index contributed by atoms with van der Waals surface area (Å²) in [6.07, 6.45) is 10.3. The summed E-state index contributed by atoms with van der Waals surface area (Å²) in [4.78, 5) is 18.3. The van der Waals surface area contributed by atoms with Crippen molar-refractivity contribution in [2.75, 3.05) is 6.54 Å². The van der Waals surface area contributed by atoms with Crippen LogP contribution in [0.25, 0.3) is 0 Å². The fourth-order valence-electron chi connectivity index (χ4n) is 7.14. The Labute approximate surface area is 164 Å². The molecule has 0 aromatic heterocycles. The lowest BCUT2D eigenvalue weighted by Crippen LogP contribution is -2.53. The molecule has 0 saturated heterocycles. The molecule has 0 bridgehead atoms. The molecule has 4 saturated carbocycles. The molecule has 0 aromatic rings. The number of hydrogen-bond donors (Lipinski definition) is 1. The van der Waals surface area contributed by atoms with Crippen molar-refractivity contribution in [2.24, 2.45) is 45.4 Å². The first-order valence-electron chi connectivity index (χ1n) is 11.2. The van der Waals surface area contributed by atoms with Gasteiger partial charge in [-0.3, -0.25) is 4.79 Å². The highest BCUT2D eigenvalue weighted by Crippen LogP contribution is 2.65. The molecule has 6 atom stereocenters. The zero-order valence-corrected chi connectivity index (χ0v) is 17.7. The number of carbonyl (C=O) groups is 1. The van der Waals surface area contributed by atoms with E-state index in [9.17, 15) is 4.79 Å². The van der Waals surface area contributed by atoms with Gasteiger partial charge in [-0.2, -0.15) is 0 Å². The van der Waals surface area contributed by atoms with Gasteiger partial charge in [-0.05, 0) is 94.3 Å². The molecule has 2 N–H and O–H groups in total. The van der Waals surface area contributed by atoms with Gasteiger partial charge >= 0.3 is 0 Å². The molecule has 152 valence electrons. The van der Waals surface area contributed by atoms with Crippen LogP contribution in [0.5, 0.6) is 0 Å². The third-order valence-corrected chi connectivity index (χ3v) is 9.12. The lowest BCUT2D eigenvalue weighted by Gasteiger charge is -2.59. The Kier molecular flexibility index (Phi) is 4.73. The standard InChI is InChI=1S/C23H38N2O2/c1-21(2,14-24)27-25-16-9-11-22(3)15(13-16)5-6-17-18-7-8-20(26)23(18,4)12-10-19(17)22/h15,17-19H,5-14,24H2,1-4H3. The summed E-state index contributed by atoms with van der Waals surface area (Å²) in [5, 5.41) is 4.52. The van der Waals surface area contributed by atoms with Gasteiger partial charge in [0.25, 0.3) is 0 Å². The summed E-state index contributed by atoms with van der Waals surface area (Å²) in [7, 11) is 0. The van der Waals surface area contributed by atoms with Crippen LogP contribution in [0.15, 0.2) is 5.16 Å². The molecule has 0 aliphatic heterocycles. The van der Waals surface area contributed by atoms with Gasteiger partial charge in [0.05, 0.1) is 5.71 Å². The highest BCUT2D eigenvalue weighted by atomic mass is 16.6. The maximum atomic E-state index is 12.5. The van der Waals surface area contributed by atoms with Crippen LogP contribution < -0.4 is 5.73 Å². The van der Waals surface area contributed by atoms with Crippen molar-refractivity contribution in [1.82, 2.24) is 0 Å². The molecule has 4 aliphatic carbocycles. The molecule has 4 heteroatoms. The van der Waals surface area contributed by atoms with Crippen LogP contribution in [0.3, 0.4) is 0 Å². The molecule has 0 heterocycles. The highest BCUT2D eigenvalue weighted by Gasteiger charge is 2.60. The number of carbonyl (C=O) groups excluding carboxylic acids is 1. The monoisotopic (exact) mass is 374 g/mol. The van der Waals surface area contributed by atoms with Crippen molar-refractivity contribution in [2.45, 2.75) is 91.1 Å². The Hall–Kier alpha value is -0.900. The molecule has 0 aromatic carbocycles. The molecular weight excluding hydrogens is 336 g/mol. The van der Waals surface area contributed by atoms with Gasteiger partial charge in [0.15, 0.2) is 0 Å². The molecule has 0 amide bonds. The first-order valence-corrected chi connectivity index (χ1v) is 11.2. The molecule has 4 rings (SSSR count). The van der Waals surface area contributed by atoms with Crippen molar-refractivity contribution in [3.63, 3.8) is 0 Å². The number of Topliss-reactive ketones (excluding diaryl/α,β-unsaturated/α-hetero) is 1. The van der Waals surface area contributed by atoms with E-state index in [0.29, 0.717) is 23.7 Å². The second kappa shape index (κ2) is 6.57. The second-order valence-corrected chi connectivity index (χ2v) is 11.0. The molecule has 4 nitrogen and oxygen atoms in total. The number of rotatable bonds is 3. The van der Waals surface area contributed by atoms with Crippen LogP contribution in [0.1, 0.15) is 85.5 Å². The fourth-order valence-corrected chi connectivity index (χ4v) is 7.14. The molecule has 0 spiro atoms. The summed E-state index contributed by atoms with van der Waals surface area (Å²) in [5.74, 6) is 3.48. The van der Waals surface area contributed by atoms with Crippen LogP contribution in [0.2, 0.25) is 0 Å². The molecule has 4 aliphatic rings. The number of oxime groups is 1. The Morgan fingerprint density at radius 3 is 2.63 bits per heavy atom. The van der Waals surface area contributed by atoms with Crippen LogP contribution in [0, 0.1) is 34.5 Å². The predicted octanol–water partition coefficient (Wildman–Crippen LogP) is 4.71. The molecule has 0 radical (unpaired) electrons. The van der Waals surface area contributed by atoms with Gasteiger partial charge in [-0.25, -0.2) is 0 Å². The SMILES string of the molecule is CC(C)(CN)ON=C1CCC2(C)C(CCC3C4CCC(=O)C4(C)CCC32)C1. The Bertz CT molecular complexity index is 642. The second-order valence-electron chi connectivity index (χ2n) is 11.0. The maximum absolute atomic E-state index is 12.5. The Morgan fingerprint density at radius 1 is 1.11 bits per heavy atom. The third-order valence-electron chi connectivity index (χ3n) is 9.12. The largest absolute Gasteiger partial charge is 0.389 e. The van der Waals surface area contributed by atoms with Crippen molar-refractivity contribution in [3.8, 4) is 0 Å². The normalized spacial score (nSPS) is 46.0. The zero-order chi connectivity index (χ0) is 19.4. The van der Waals surface area contributed by atoms with E-state index in [1.165, 1.54) is 31.4 Å². The summed E-state index contributed by atoms with van der Waals surface area (Å²) >= 11 is 0. The van der Waals surface area contributed by atoms with Gasteiger partial charge < -0.3 is 10.6 Å². The van der Waals surface area contributed by atoms with E-state index < -0.39 is 0 Å². The van der Waals surface area contributed by atoms with Crippen molar-refractivity contribution < 1.29 is 9.63 Å². The van der Waals surface area contributed by atoms with Gasteiger partial charge in [-0.15, -0.1) is 0 Å². The van der Waals surface area contributed by atoms with E-state index in [2.05, 4.69) is 19.0 Å². The molecule has 6 unspecified atom stereocenters. The lowest BCUT2D eigenvalue weighted by molar-refractivity contribution is -0.137. The first-order chi connectivity index (χ1) is 12.7. The number of hydrogen-bond acceptors (Lipinski definition) is 4. The quantitative estimate of drug-likeness (QED) is 0.728. The minimum Gasteiger partial charge on any atom is -0.389 e. The van der Waals surface area contributed by atoms with E-state index in [0.717, 1.165) is 49.9 Å². The summed E-state index contributed by atoms with van der Waals surface area (Å²) in [6.45, 7) is 9.30. The molecule has 4 fully saturated rings. The maximum Gasteiger partial charge on any atom is 0.144 e. The van der Waals surface area contributed by atoms with E-state index in [1.54, 1.807) is 0 Å². The number of nitrogens with two attached hydrogens (primary N) is 1. The van der Waals surface area contributed by atoms with Crippen molar-refractivity contribution in [3.05, 3.63) is 0 Å². The Balaban J connectivity index is 1.49. The smallest absolute Gasteiger partial charge is 0.144 e. The summed E-state index contributed by atoms with van der Waals surface area (Å²) in [5.41, 5.74) is 7.03. The van der Waals surface area contributed by atoms with Gasteiger partial charge in [0.2, 0.25) is 0 Å². The third kappa shape index (κ3) is 3.07. The van der Waals surface area contributed by atoms with Gasteiger partial charge in [0, 0.05) is 18.4 Å². The number of ketones is 1. The number of nitrogens with zero attached hydrogens (tertiary/aromatic N) is 1. The fraction of sp³-hybridized carbons (Fsp3) is 0.913. The van der Waals surface area contributed by atoms with E-state index in [-0.39, 0.29) is 11.0 Å². The topological polar surface area (TPSA) is 64.7 Å². The molecule has 27 heavy (non-hydrogen) atoms. The lowest BCUT2D eigenvalue weighted by atomic mass is 9.45. The van der Waals surface area contributed by atoms with Gasteiger partial charge in [0.1, 0.15) is 11.4 Å². The van der Waals surface area contributed by atoms with Crippen LogP contribution in [-0.4, -0.2) is 23.6 Å². The van der Waals surface area contributed by atoms with Crippen molar-refractivity contribution in [1.29, 1.82) is 0 Å². The van der Waals surface area contributed by atoms with E-state index in [1.807, 2.05) is 13.8 Å². The highest BCUT2D eigenvalue weighted by molar-refractivity contribution is 5.87. The zero-order valence-electron chi connectivity index (χ0n) is 17.7. The predicted molar refractivity (Wildman–Crippen MR) is 108 cm³/mol. The van der Waals surface area contributed by atoms with Crippen LogP contribution in [0.4, 0.5) is 0 Å². The minimum atomic E-state index is -0.381. The van der Waals surface area contributed by atoms with Crippen molar-refractivity contribution >= 4 is 11.5 Å². The van der Waals surface area contributed by atoms with Crippen LogP contribution >= 0.6 is 0 Å². The van der Waals surface area contributed by atoms with Gasteiger partial charge in [-0.1, -0.05) is 19.0 Å². The summed E-state index contributed by atoms with van der Waals surface area (Å²) < 4.78 is 0. The van der Waals surface area contributed by atoms with Crippen LogP contribution in [-0.2, 0) is 9.63 Å². The minimum absolute atomic E-state index is 0.00665. The Morgan fingerprint density at radius 2 is 1.89 bits per heavy atom.